The van der Waals surface area contributed by atoms with E-state index in [9.17, 15) is 14.4 Å². The summed E-state index contributed by atoms with van der Waals surface area (Å²) in [5.41, 5.74) is 2.38. The highest BCUT2D eigenvalue weighted by atomic mass is 16.4. The maximum Gasteiger partial charge on any atom is 0.348 e. The van der Waals surface area contributed by atoms with E-state index in [0.29, 0.717) is 35.3 Å². The van der Waals surface area contributed by atoms with Crippen molar-refractivity contribution in [1.82, 2.24) is 14.9 Å². The number of hydrogen-bond donors (Lipinski definition) is 2. The molecule has 9 heteroatoms. The fraction of sp³-hybridized carbons (Fsp3) is 0.364. The molecule has 0 atom stereocenters. The third kappa shape index (κ3) is 7.40. The summed E-state index contributed by atoms with van der Waals surface area (Å²) in [5, 5.41) is 6.15. The average Bonchev–Trinajstić information content (AvgIpc) is 2.97. The zero-order valence-corrected chi connectivity index (χ0v) is 25.0. The number of benzene rings is 2. The molecule has 0 aliphatic carbocycles. The Labute approximate surface area is 246 Å². The molecule has 0 fully saturated rings. The zero-order valence-electron chi connectivity index (χ0n) is 25.0. The molecule has 2 N–H and O–H groups in total. The molecule has 0 aliphatic rings. The molecular weight excluding hydrogens is 530 g/mol. The van der Waals surface area contributed by atoms with Gasteiger partial charge in [0.05, 0.1) is 10.9 Å². The molecule has 2 aromatic heterocycles. The molecule has 2 aromatic carbocycles. The first-order valence-electron chi connectivity index (χ1n) is 14.4. The number of nitrogens with zero attached hydrogens (tertiary/aromatic N) is 3. The van der Waals surface area contributed by atoms with Crippen molar-refractivity contribution >= 4 is 34.4 Å². The van der Waals surface area contributed by atoms with Gasteiger partial charge in [-0.2, -0.15) is 4.98 Å². The van der Waals surface area contributed by atoms with Gasteiger partial charge in [0.2, 0.25) is 5.91 Å². The Kier molecular flexibility index (Phi) is 9.72. The summed E-state index contributed by atoms with van der Waals surface area (Å²) in [7, 11) is 1.72. The number of carbonyl (C=O) groups excluding carboxylic acids is 2. The molecule has 42 heavy (non-hydrogen) atoms. The van der Waals surface area contributed by atoms with Gasteiger partial charge in [0.15, 0.2) is 0 Å². The van der Waals surface area contributed by atoms with Crippen LogP contribution < -0.4 is 16.3 Å². The molecule has 4 aromatic rings. The lowest BCUT2D eigenvalue weighted by Crippen LogP contribution is -2.49. The number of nitrogens with one attached hydrogen (secondary N) is 2. The van der Waals surface area contributed by atoms with Gasteiger partial charge in [0, 0.05) is 43.2 Å². The van der Waals surface area contributed by atoms with Crippen LogP contribution in [0, 0.1) is 6.92 Å². The Balaban J connectivity index is 1.45. The van der Waals surface area contributed by atoms with Crippen LogP contribution in [0.1, 0.15) is 67.2 Å². The van der Waals surface area contributed by atoms with Crippen molar-refractivity contribution in [2.45, 2.75) is 65.3 Å². The Morgan fingerprint density at radius 3 is 2.45 bits per heavy atom. The van der Waals surface area contributed by atoms with E-state index in [1.54, 1.807) is 51.0 Å². The summed E-state index contributed by atoms with van der Waals surface area (Å²) in [4.78, 5) is 49.6. The van der Waals surface area contributed by atoms with Crippen molar-refractivity contribution in [3.63, 3.8) is 0 Å². The Morgan fingerprint density at radius 2 is 1.76 bits per heavy atom. The Bertz CT molecular complexity index is 1600. The van der Waals surface area contributed by atoms with E-state index in [-0.39, 0.29) is 23.2 Å². The van der Waals surface area contributed by atoms with E-state index >= 15 is 0 Å². The van der Waals surface area contributed by atoms with Crippen molar-refractivity contribution < 1.29 is 14.0 Å². The fourth-order valence-corrected chi connectivity index (χ4v) is 4.83. The normalized spacial score (nSPS) is 11.4. The van der Waals surface area contributed by atoms with Crippen LogP contribution in [0.3, 0.4) is 0 Å². The third-order valence-electron chi connectivity index (χ3n) is 7.32. The number of unbranched alkanes of at least 4 members (excludes halogenated alkanes) is 2. The van der Waals surface area contributed by atoms with Crippen molar-refractivity contribution in [3.05, 3.63) is 93.6 Å². The summed E-state index contributed by atoms with van der Waals surface area (Å²) in [5.74, 6) is -0.452. The maximum absolute atomic E-state index is 13.2. The molecule has 0 saturated heterocycles. The van der Waals surface area contributed by atoms with Gasteiger partial charge in [-0.1, -0.05) is 38.0 Å². The van der Waals surface area contributed by atoms with Crippen molar-refractivity contribution in [1.29, 1.82) is 0 Å². The van der Waals surface area contributed by atoms with Gasteiger partial charge < -0.3 is 20.0 Å². The molecule has 0 radical (unpaired) electrons. The number of fused-ring (bicyclic) bond motifs is 1. The van der Waals surface area contributed by atoms with Gasteiger partial charge in [-0.15, -0.1) is 0 Å². The van der Waals surface area contributed by atoms with Crippen LogP contribution in [0.4, 0.5) is 11.7 Å². The number of aromatic nitrogens is 2. The SMILES string of the molecule is CCCCCc1ccc(C(=O)Nc2ccc3nc(NC(C)(C)C(=O)N(C)CCc4ccccn4)oc(=O)c3c2C)cc1. The average molecular weight is 570 g/mol. The number of aryl methyl sites for hydroxylation is 2. The second-order valence-electron chi connectivity index (χ2n) is 11.1. The van der Waals surface area contributed by atoms with Gasteiger partial charge in [0.1, 0.15) is 5.54 Å². The number of carbonyl (C=O) groups is 2. The summed E-state index contributed by atoms with van der Waals surface area (Å²) in [6, 6.07) is 16.6. The lowest BCUT2D eigenvalue weighted by Gasteiger charge is -2.30. The number of anilines is 2. The van der Waals surface area contributed by atoms with Crippen LogP contribution in [0.15, 0.2) is 70.0 Å². The number of hydrogen-bond acceptors (Lipinski definition) is 7. The van der Waals surface area contributed by atoms with Crippen LogP contribution in [0.2, 0.25) is 0 Å². The lowest BCUT2D eigenvalue weighted by atomic mass is 10.0. The number of pyridine rings is 1. The zero-order chi connectivity index (χ0) is 30.3. The monoisotopic (exact) mass is 569 g/mol. The van der Waals surface area contributed by atoms with E-state index in [1.807, 2.05) is 42.5 Å². The molecule has 0 saturated carbocycles. The summed E-state index contributed by atoms with van der Waals surface area (Å²) < 4.78 is 5.49. The van der Waals surface area contributed by atoms with Crippen LogP contribution in [0.25, 0.3) is 10.9 Å². The van der Waals surface area contributed by atoms with Gasteiger partial charge in [-0.25, -0.2) is 4.79 Å². The first-order chi connectivity index (χ1) is 20.1. The quantitative estimate of drug-likeness (QED) is 0.208. The van der Waals surface area contributed by atoms with Crippen LogP contribution in [-0.4, -0.2) is 45.8 Å². The molecular formula is C33H39N5O4. The Hall–Kier alpha value is -4.53. The van der Waals surface area contributed by atoms with Gasteiger partial charge in [-0.3, -0.25) is 14.6 Å². The predicted octanol–water partition coefficient (Wildman–Crippen LogP) is 5.77. The van der Waals surface area contributed by atoms with Gasteiger partial charge in [-0.05, 0) is 81.1 Å². The highest BCUT2D eigenvalue weighted by Crippen LogP contribution is 2.25. The van der Waals surface area contributed by atoms with Gasteiger partial charge in [0.25, 0.3) is 11.9 Å². The van der Waals surface area contributed by atoms with Crippen molar-refractivity contribution in [2.75, 3.05) is 24.2 Å². The topological polar surface area (TPSA) is 117 Å². The maximum atomic E-state index is 13.2. The molecule has 0 aliphatic heterocycles. The first-order valence-corrected chi connectivity index (χ1v) is 14.4. The second-order valence-corrected chi connectivity index (χ2v) is 11.1. The number of likely N-dealkylation sites (N-methyl/N-ethyl adjacent to an activating group) is 1. The number of amides is 2. The highest BCUT2D eigenvalue weighted by molar-refractivity contribution is 6.06. The molecule has 0 unspecified atom stereocenters. The largest absolute Gasteiger partial charge is 0.389 e. The first kappa shape index (κ1) is 30.4. The molecule has 2 heterocycles. The van der Waals surface area contributed by atoms with Crippen LogP contribution >= 0.6 is 0 Å². The van der Waals surface area contributed by atoms with E-state index in [4.69, 9.17) is 4.42 Å². The standard InChI is InChI=1S/C33H39N5O4/c1-6-7-8-11-23-13-15-24(16-14-23)29(39)35-26-17-18-27-28(22(26)2)30(40)42-32(36-27)37-33(3,4)31(41)38(5)21-19-25-12-9-10-20-34-25/h9-10,12-18,20H,6-8,11,19,21H2,1-5H3,(H,35,39)(H,36,37). The molecule has 9 nitrogen and oxygen atoms in total. The lowest BCUT2D eigenvalue weighted by molar-refractivity contribution is -0.133. The van der Waals surface area contributed by atoms with E-state index in [2.05, 4.69) is 27.5 Å². The molecule has 220 valence electrons. The summed E-state index contributed by atoms with van der Waals surface area (Å²) in [6.07, 6.45) is 6.81. The highest BCUT2D eigenvalue weighted by Gasteiger charge is 2.32. The fourth-order valence-electron chi connectivity index (χ4n) is 4.83. The molecule has 4 rings (SSSR count). The minimum Gasteiger partial charge on any atom is -0.389 e. The predicted molar refractivity (Wildman–Crippen MR) is 166 cm³/mol. The van der Waals surface area contributed by atoms with Crippen LogP contribution in [0.5, 0.6) is 0 Å². The minimum absolute atomic E-state index is 0.0563. The van der Waals surface area contributed by atoms with Crippen molar-refractivity contribution in [3.8, 4) is 0 Å². The molecule has 0 spiro atoms. The van der Waals surface area contributed by atoms with E-state index < -0.39 is 11.2 Å². The molecule has 2 amide bonds. The molecule has 0 bridgehead atoms. The minimum atomic E-state index is -1.09. The van der Waals surface area contributed by atoms with Crippen LogP contribution in [-0.2, 0) is 17.6 Å². The van der Waals surface area contributed by atoms with E-state index in [1.165, 1.54) is 18.4 Å². The number of rotatable bonds is 12. The summed E-state index contributed by atoms with van der Waals surface area (Å²) in [6.45, 7) is 7.81. The smallest absolute Gasteiger partial charge is 0.348 e. The van der Waals surface area contributed by atoms with Gasteiger partial charge >= 0.3 is 5.63 Å². The van der Waals surface area contributed by atoms with Crippen molar-refractivity contribution in [2.24, 2.45) is 0 Å². The Morgan fingerprint density at radius 1 is 1.00 bits per heavy atom. The van der Waals surface area contributed by atoms with E-state index in [0.717, 1.165) is 18.5 Å². The third-order valence-corrected chi connectivity index (χ3v) is 7.32. The second kappa shape index (κ2) is 13.4. The summed E-state index contributed by atoms with van der Waals surface area (Å²) >= 11 is 0.